The van der Waals surface area contributed by atoms with Crippen LogP contribution in [0.5, 0.6) is 0 Å². The average molecular weight is 2040 g/mol. The van der Waals surface area contributed by atoms with Crippen LogP contribution >= 0.6 is 70.4 Å². The van der Waals surface area contributed by atoms with Crippen LogP contribution in [0.2, 0.25) is 38.6 Å². The van der Waals surface area contributed by atoms with Crippen LogP contribution in [0.15, 0.2) is 120 Å². The molecule has 1 aromatic carbocycles. The van der Waals surface area contributed by atoms with Gasteiger partial charge in [-0.25, -0.2) is 39.7 Å². The monoisotopic (exact) mass is 2030 g/mol. The van der Waals surface area contributed by atoms with E-state index in [1.807, 2.05) is 64.3 Å². The number of amides is 2. The van der Waals surface area contributed by atoms with Crippen molar-refractivity contribution in [3.05, 3.63) is 168 Å². The zero-order valence-corrected chi connectivity index (χ0v) is 83.5. The van der Waals surface area contributed by atoms with Crippen molar-refractivity contribution in [1.82, 2.24) is 44.7 Å². The number of aromatic nitrogens is 7. The zero-order chi connectivity index (χ0) is 94.0. The van der Waals surface area contributed by atoms with E-state index in [0.717, 1.165) is 131 Å². The number of ether oxygens (including phenoxy) is 7. The van der Waals surface area contributed by atoms with Gasteiger partial charge in [-0.2, -0.15) is 13.2 Å². The van der Waals surface area contributed by atoms with E-state index in [-0.39, 0.29) is 42.4 Å². The average Bonchev–Trinajstić information content (AvgIpc) is 0.887. The quantitative estimate of drug-likeness (QED) is 0.00578. The van der Waals surface area contributed by atoms with Gasteiger partial charge < -0.3 is 85.2 Å². The molecule has 0 unspecified atom stereocenters. The molecule has 0 radical (unpaired) electrons. The fourth-order valence-corrected chi connectivity index (χ4v) is 30.1. The number of morpholine rings is 5. The van der Waals surface area contributed by atoms with Crippen LogP contribution < -0.4 is 47.0 Å². The number of nitrogen functional groups attached to an aromatic ring is 1. The number of nitrogens with one attached hydrogen (secondary N) is 2. The molecule has 13 rings (SSSR count). The van der Waals surface area contributed by atoms with Gasteiger partial charge in [0.15, 0.2) is 11.7 Å². The molecule has 2 amide bonds. The van der Waals surface area contributed by atoms with Crippen molar-refractivity contribution in [3.63, 3.8) is 0 Å². The van der Waals surface area contributed by atoms with Crippen LogP contribution in [0.3, 0.4) is 0 Å². The molecule has 0 spiro atoms. The number of ketones is 2. The molecule has 12 heterocycles. The summed E-state index contributed by atoms with van der Waals surface area (Å²) in [5, 5.41) is 11.7. The van der Waals surface area contributed by atoms with E-state index < -0.39 is 42.9 Å². The number of carbonyl (C=O) groups excluding carboxylic acids is 3. The number of likely N-dealkylation sites (tertiary alicyclic amines) is 1. The number of alkyl halides is 3. The third kappa shape index (κ3) is 38.6. The normalized spacial score (nSPS) is 15.6. The van der Waals surface area contributed by atoms with Crippen LogP contribution in [-0.4, -0.2) is 265 Å². The third-order valence-electron chi connectivity index (χ3n) is 21.1. The fourth-order valence-electron chi connectivity index (χ4n) is 14.4. The Morgan fingerprint density at radius 2 is 1.00 bits per heavy atom. The van der Waals surface area contributed by atoms with Gasteiger partial charge in [-0.3, -0.25) is 15.0 Å². The van der Waals surface area contributed by atoms with Gasteiger partial charge in [-0.05, 0) is 122 Å². The second kappa shape index (κ2) is 57.8. The fraction of sp³-hybridized carbons (Fsp3) is 0.505. The summed E-state index contributed by atoms with van der Waals surface area (Å²) in [4.78, 5) is 80.6. The van der Waals surface area contributed by atoms with Gasteiger partial charge in [0.2, 0.25) is 11.7 Å². The summed E-state index contributed by atoms with van der Waals surface area (Å²) in [6.07, 6.45) is 8.09. The van der Waals surface area contributed by atoms with E-state index in [4.69, 9.17) is 107 Å². The maximum atomic E-state index is 12.9. The second-order valence-electron chi connectivity index (χ2n) is 31.3. The predicted molar refractivity (Wildman–Crippen MR) is 523 cm³/mol. The Hall–Kier alpha value is -8.52. The Morgan fingerprint density at radius 1 is 0.577 bits per heavy atom. The molecular weight excluding hydrogens is 1910 g/mol. The first kappa shape index (κ1) is 110. The number of Topliss-reactive ketones (excluding diaryl/α,β-unsaturated/α-hetero) is 1. The number of nitrogens with zero attached hydrogens (tertiary/aromatic N) is 14. The summed E-state index contributed by atoms with van der Waals surface area (Å²) in [7, 11) is 3.71. The standard InChI is InChI=1S/C27H30F3N7O2.C14H18ClN3O2.C13H17ClN2O2.C11H13ClN2O2.C9H10Cl2N2O.C4H7O.3C4H9.CH5N3.ClH.Sn/c1-17-2-3-20(33-26(38)37-7-5-18(16-37)15-27(28,29)30)14-21(17)19-12-23(22-4-6-32-25(31)35-22)34-24(13-19)36-8-10-39-11-9-36;1-17(2)4-3-13(19)12-9-11(15)10-14(16-12)18-5-7-20-8-6-18;1-3-18-10(2)12-8-11(14)9-13(15-12)16-4-6-17-7-5-16;1-8(15)10-6-9(12)7-11(13-10)14-2-4-16-5-3-14;10-7-5-8(11)12-9(6-7)13-1-3-14-4-2-13;1-3-5-4-2;3*1-3-4-2;2-1(3)4;;/h2-4,6,12-14,18H,5,7-11,15-16H2,1H3,(H,33,38)(H2,31,32,35);3-4,9-10H,5-8H2,1-2H3;8-9H,2-7H2,1H3;6-7H,2-5H2,1H3;5-6H,1-4H2;1,4H2,2H3;3*1,3-4H2,2H3;(H5,2,3,4);1H;/b;4-3+;;;;;;;;;;/t18-;;;;;;;;;;;/m0.........../s1. The van der Waals surface area contributed by atoms with Crippen LogP contribution in [0, 0.1) is 18.3 Å². The Bertz CT molecular complexity index is 4690. The number of benzene rings is 1. The molecule has 6 aromatic heterocycles. The number of nitrogens with two attached hydrogens (primary N) is 3. The Balaban J connectivity index is 0.000000248. The van der Waals surface area contributed by atoms with Gasteiger partial charge in [0.05, 0.1) is 84.1 Å². The molecule has 6 fully saturated rings. The molecule has 7 aromatic rings. The van der Waals surface area contributed by atoms with Crippen LogP contribution in [0.4, 0.5) is 58.7 Å². The number of aryl methyl sites for hydroxylation is 1. The summed E-state index contributed by atoms with van der Waals surface area (Å²) in [6, 6.07) is 24.6. The zero-order valence-electron chi connectivity index (χ0n) is 76.1. The SMILES string of the molecule is C=C(OCC)c1cc(Cl)cc(N2CCOCC2)n1.C=[C](OCC)[Sn]([CH2]CCC)([CH2]CCC)[CH2]CCC.CC(=O)c1cc(Cl)cc(N2CCOCC2)n1.CN(C)/C=C/C(=O)c1cc(Cl)cc(N2CCOCC2)n1.Cc1ccc(NC(=O)N2CC[C@@H](CC(F)(F)F)C2)cc1-c1cc(-c2ccnc(N)n2)nc(N2CCOCC2)c1.Cl.Clc1cc(Cl)nc(N2CCOCC2)c1.N=C(N)N. The first-order chi connectivity index (χ1) is 61.7. The molecule has 130 heavy (non-hydrogen) atoms. The Labute approximate surface area is 798 Å². The summed E-state index contributed by atoms with van der Waals surface area (Å²) in [6.45, 7) is 38.9. The molecule has 8 N–H and O–H groups in total. The number of unbranched alkanes of at least 4 members (excludes halogenated alkanes) is 3. The van der Waals surface area contributed by atoms with E-state index in [0.29, 0.717) is 137 Å². The number of rotatable bonds is 28. The maximum Gasteiger partial charge on any atom is 0.389 e. The maximum absolute atomic E-state index is 12.9. The number of hydrogen-bond donors (Lipinski definition) is 5. The van der Waals surface area contributed by atoms with Crippen LogP contribution in [0.1, 0.15) is 125 Å². The number of guanidine groups is 1. The van der Waals surface area contributed by atoms with Crippen molar-refractivity contribution in [2.75, 3.05) is 207 Å². The summed E-state index contributed by atoms with van der Waals surface area (Å²) >= 11 is 27.6. The Kier molecular flexibility index (Phi) is 49.0. The first-order valence-electron chi connectivity index (χ1n) is 43.7. The van der Waals surface area contributed by atoms with Gasteiger partial charge in [-0.1, -0.05) is 70.7 Å². The number of anilines is 7. The van der Waals surface area contributed by atoms with Gasteiger partial charge in [-0.15, -0.1) is 12.4 Å². The van der Waals surface area contributed by atoms with E-state index in [1.165, 1.54) is 73.5 Å². The molecule has 0 saturated carbocycles. The van der Waals surface area contributed by atoms with E-state index >= 15 is 0 Å². The van der Waals surface area contributed by atoms with Gasteiger partial charge in [0.25, 0.3) is 0 Å². The summed E-state index contributed by atoms with van der Waals surface area (Å²) in [5.74, 6) is 3.48. The minimum atomic E-state index is -4.23. The van der Waals surface area contributed by atoms with Crippen molar-refractivity contribution in [3.8, 4) is 22.5 Å². The molecular formula is C91H128Cl6F3N19O10Sn. The van der Waals surface area contributed by atoms with E-state index in [9.17, 15) is 27.6 Å². The molecule has 0 aliphatic carbocycles. The minimum Gasteiger partial charge on any atom is -0.383 e. The molecule has 39 heteroatoms. The Morgan fingerprint density at radius 3 is 1.42 bits per heavy atom. The minimum absolute atomic E-state index is 0. The van der Waals surface area contributed by atoms with Crippen molar-refractivity contribution in [2.24, 2.45) is 17.4 Å². The van der Waals surface area contributed by atoms with E-state index in [2.05, 4.69) is 112 Å². The van der Waals surface area contributed by atoms with E-state index in [1.54, 1.807) is 65.8 Å². The van der Waals surface area contributed by atoms with Gasteiger partial charge >= 0.3 is 132 Å². The molecule has 29 nitrogen and oxygen atoms in total. The van der Waals surface area contributed by atoms with Gasteiger partial charge in [0, 0.05) is 150 Å². The van der Waals surface area contributed by atoms with Crippen LogP contribution in [-0.2, 0) is 33.2 Å². The molecule has 6 saturated heterocycles. The molecule has 1 atom stereocenters. The number of halogens is 9. The molecule has 0 bridgehead atoms. The topological polar surface area (TPSA) is 343 Å². The largest absolute Gasteiger partial charge is 0.389 e. The number of hydrogen-bond acceptors (Lipinski definition) is 25. The number of urea groups is 1. The predicted octanol–water partition coefficient (Wildman–Crippen LogP) is 18.3. The van der Waals surface area contributed by atoms with Gasteiger partial charge in [0.1, 0.15) is 57.1 Å². The number of carbonyl (C=O) groups is 3. The summed E-state index contributed by atoms with van der Waals surface area (Å²) < 4.78 is 81.9. The number of pyridine rings is 5. The molecule has 6 aliphatic rings. The smallest absolute Gasteiger partial charge is 0.383 e. The third-order valence-corrected chi connectivity index (χ3v) is 37.1. The van der Waals surface area contributed by atoms with Crippen molar-refractivity contribution >= 4 is 159 Å². The van der Waals surface area contributed by atoms with Crippen molar-refractivity contribution < 1.29 is 60.7 Å². The molecule has 6 aliphatic heterocycles. The van der Waals surface area contributed by atoms with Crippen LogP contribution in [0.25, 0.3) is 28.3 Å². The second-order valence-corrected chi connectivity index (χ2v) is 46.6. The van der Waals surface area contributed by atoms with Crippen molar-refractivity contribution in [2.45, 2.75) is 119 Å². The molecule has 714 valence electrons. The summed E-state index contributed by atoms with van der Waals surface area (Å²) in [5.41, 5.74) is 20.7. The number of allylic oxidation sites excluding steroid dienone is 1. The van der Waals surface area contributed by atoms with Crippen molar-refractivity contribution in [1.29, 1.82) is 5.41 Å². The first-order valence-corrected chi connectivity index (χ1v) is 53.1.